The van der Waals surface area contributed by atoms with Crippen LogP contribution in [0, 0.1) is 0 Å². The number of benzene rings is 3. The van der Waals surface area contributed by atoms with Gasteiger partial charge in [0.2, 0.25) is 5.56 Å². The Hall–Kier alpha value is -4.72. The molecule has 180 valence electrons. The van der Waals surface area contributed by atoms with E-state index in [1.54, 1.807) is 31.4 Å². The number of esters is 1. The minimum Gasteiger partial charge on any atom is -0.497 e. The molecule has 1 amide bonds. The van der Waals surface area contributed by atoms with Gasteiger partial charge in [-0.05, 0) is 29.3 Å². The second kappa shape index (κ2) is 9.87. The summed E-state index contributed by atoms with van der Waals surface area (Å²) in [4.78, 5) is 40.8. The first-order chi connectivity index (χ1) is 17.5. The summed E-state index contributed by atoms with van der Waals surface area (Å²) >= 11 is 0. The quantitative estimate of drug-likeness (QED) is 0.419. The fraction of sp³-hybridized carbons (Fsp3) is 0.143. The van der Waals surface area contributed by atoms with Crippen molar-refractivity contribution in [2.24, 2.45) is 5.10 Å². The number of hydrogen-bond acceptors (Lipinski definition) is 6. The summed E-state index contributed by atoms with van der Waals surface area (Å²) in [5.74, 6) is -0.514. The number of hydrogen-bond donors (Lipinski definition) is 1. The summed E-state index contributed by atoms with van der Waals surface area (Å²) in [7, 11) is 1.59. The van der Waals surface area contributed by atoms with E-state index in [4.69, 9.17) is 9.47 Å². The van der Waals surface area contributed by atoms with Crippen molar-refractivity contribution >= 4 is 28.5 Å². The van der Waals surface area contributed by atoms with E-state index in [-0.39, 0.29) is 11.6 Å². The van der Waals surface area contributed by atoms with E-state index in [0.717, 1.165) is 16.8 Å². The standard InChI is InChI=1S/C28H23N3O5/c1-35-20-13-11-19(12-14-20)25-16-24(18-7-3-2-4-8-18)30-31(25)27(33)17-36-28(34)22-15-26(32)29-23-10-6-5-9-21(22)23/h2-15,25H,16-17H2,1H3,(H,29,32)/t25-/m0/s1. The molecule has 0 radical (unpaired) electrons. The van der Waals surface area contributed by atoms with Crippen LogP contribution in [-0.2, 0) is 9.53 Å². The molecule has 1 aliphatic rings. The number of aromatic nitrogens is 1. The highest BCUT2D eigenvalue weighted by Crippen LogP contribution is 2.33. The van der Waals surface area contributed by atoms with Crippen molar-refractivity contribution in [1.82, 2.24) is 9.99 Å². The minimum atomic E-state index is -0.752. The Morgan fingerprint density at radius 1 is 1.00 bits per heavy atom. The lowest BCUT2D eigenvalue weighted by Gasteiger charge is -2.22. The van der Waals surface area contributed by atoms with Crippen LogP contribution in [0.15, 0.2) is 94.8 Å². The maximum absolute atomic E-state index is 13.2. The third-order valence-electron chi connectivity index (χ3n) is 6.07. The van der Waals surface area contributed by atoms with Crippen molar-refractivity contribution in [1.29, 1.82) is 0 Å². The Morgan fingerprint density at radius 3 is 2.47 bits per heavy atom. The molecule has 3 aromatic carbocycles. The summed E-state index contributed by atoms with van der Waals surface area (Å²) in [6, 6.07) is 24.8. The molecule has 0 spiro atoms. The number of H-pyrrole nitrogens is 1. The van der Waals surface area contributed by atoms with Crippen LogP contribution in [0.1, 0.15) is 33.9 Å². The minimum absolute atomic E-state index is 0.101. The molecule has 8 nitrogen and oxygen atoms in total. The molecule has 0 fully saturated rings. The van der Waals surface area contributed by atoms with E-state index in [1.165, 1.54) is 11.1 Å². The molecule has 36 heavy (non-hydrogen) atoms. The Kier molecular flexibility index (Phi) is 6.32. The zero-order valence-electron chi connectivity index (χ0n) is 19.5. The van der Waals surface area contributed by atoms with Crippen LogP contribution in [-0.4, -0.2) is 41.3 Å². The van der Waals surface area contributed by atoms with Gasteiger partial charge in [0.05, 0.1) is 24.4 Å². The number of carbonyl (C=O) groups excluding carboxylic acids is 2. The summed E-state index contributed by atoms with van der Waals surface area (Å²) in [6.07, 6.45) is 0.509. The van der Waals surface area contributed by atoms with Gasteiger partial charge in [-0.3, -0.25) is 9.59 Å². The fourth-order valence-electron chi connectivity index (χ4n) is 4.28. The Balaban J connectivity index is 1.39. The molecule has 1 aromatic heterocycles. The maximum atomic E-state index is 13.2. The zero-order valence-corrected chi connectivity index (χ0v) is 19.5. The molecule has 5 rings (SSSR count). The number of fused-ring (bicyclic) bond motifs is 1. The maximum Gasteiger partial charge on any atom is 0.339 e. The molecular weight excluding hydrogens is 458 g/mol. The first kappa shape index (κ1) is 23.0. The number of nitrogens with one attached hydrogen (secondary N) is 1. The zero-order chi connectivity index (χ0) is 25.1. The number of methoxy groups -OCH3 is 1. The Bertz CT molecular complexity index is 1510. The van der Waals surface area contributed by atoms with Crippen molar-refractivity contribution < 1.29 is 19.1 Å². The molecule has 1 atom stereocenters. The van der Waals surface area contributed by atoms with Gasteiger partial charge < -0.3 is 14.5 Å². The van der Waals surface area contributed by atoms with E-state index in [2.05, 4.69) is 10.1 Å². The molecule has 0 unspecified atom stereocenters. The molecule has 0 saturated carbocycles. The van der Waals surface area contributed by atoms with Crippen molar-refractivity contribution in [3.05, 3.63) is 112 Å². The van der Waals surface area contributed by atoms with Crippen LogP contribution >= 0.6 is 0 Å². The monoisotopic (exact) mass is 481 g/mol. The lowest BCUT2D eigenvalue weighted by molar-refractivity contribution is -0.136. The second-order valence-electron chi connectivity index (χ2n) is 8.31. The molecule has 1 N–H and O–H groups in total. The predicted molar refractivity (Wildman–Crippen MR) is 135 cm³/mol. The first-order valence-electron chi connectivity index (χ1n) is 11.4. The van der Waals surface area contributed by atoms with E-state index >= 15 is 0 Å². The van der Waals surface area contributed by atoms with Crippen molar-refractivity contribution in [2.45, 2.75) is 12.5 Å². The molecule has 0 bridgehead atoms. The van der Waals surface area contributed by atoms with Crippen molar-refractivity contribution in [2.75, 3.05) is 13.7 Å². The van der Waals surface area contributed by atoms with E-state index < -0.39 is 24.0 Å². The highest BCUT2D eigenvalue weighted by Gasteiger charge is 2.33. The van der Waals surface area contributed by atoms with Gasteiger partial charge in [-0.2, -0.15) is 5.10 Å². The molecule has 1 aliphatic heterocycles. The summed E-state index contributed by atoms with van der Waals surface area (Å²) < 4.78 is 10.6. The van der Waals surface area contributed by atoms with Crippen LogP contribution < -0.4 is 10.3 Å². The van der Waals surface area contributed by atoms with Gasteiger partial charge in [0, 0.05) is 23.4 Å². The highest BCUT2D eigenvalue weighted by atomic mass is 16.5. The van der Waals surface area contributed by atoms with Gasteiger partial charge in [0.1, 0.15) is 5.75 Å². The van der Waals surface area contributed by atoms with E-state index in [9.17, 15) is 14.4 Å². The number of carbonyl (C=O) groups is 2. The normalized spacial score (nSPS) is 15.0. The SMILES string of the molecule is COc1ccc([C@@H]2CC(c3ccccc3)=NN2C(=O)COC(=O)c2cc(=O)[nH]c3ccccc23)cc1. The summed E-state index contributed by atoms with van der Waals surface area (Å²) in [5.41, 5.74) is 2.74. The topological polar surface area (TPSA) is 101 Å². The van der Waals surface area contributed by atoms with Crippen LogP contribution in [0.25, 0.3) is 10.9 Å². The van der Waals surface area contributed by atoms with Crippen LogP contribution in [0.5, 0.6) is 5.75 Å². The van der Waals surface area contributed by atoms with Crippen LogP contribution in [0.2, 0.25) is 0 Å². The number of rotatable bonds is 6. The third kappa shape index (κ3) is 4.61. The fourth-order valence-corrected chi connectivity index (χ4v) is 4.28. The van der Waals surface area contributed by atoms with Gasteiger partial charge in [-0.25, -0.2) is 9.80 Å². The number of ether oxygens (including phenoxy) is 2. The number of nitrogens with zero attached hydrogens (tertiary/aromatic N) is 2. The molecule has 8 heteroatoms. The van der Waals surface area contributed by atoms with Crippen molar-refractivity contribution in [3.63, 3.8) is 0 Å². The third-order valence-corrected chi connectivity index (χ3v) is 6.07. The van der Waals surface area contributed by atoms with Gasteiger partial charge >= 0.3 is 5.97 Å². The number of hydrazone groups is 1. The number of amides is 1. The molecule has 0 aliphatic carbocycles. The van der Waals surface area contributed by atoms with Crippen LogP contribution in [0.3, 0.4) is 0 Å². The number of pyridine rings is 1. The summed E-state index contributed by atoms with van der Waals surface area (Å²) in [5, 5.41) is 6.50. The number of para-hydroxylation sites is 1. The number of aromatic amines is 1. The first-order valence-corrected chi connectivity index (χ1v) is 11.4. The lowest BCUT2D eigenvalue weighted by Crippen LogP contribution is -2.31. The molecule has 2 heterocycles. The average Bonchev–Trinajstić information content (AvgIpc) is 3.37. The second-order valence-corrected chi connectivity index (χ2v) is 8.31. The largest absolute Gasteiger partial charge is 0.497 e. The average molecular weight is 482 g/mol. The van der Waals surface area contributed by atoms with E-state index in [1.807, 2.05) is 54.6 Å². The van der Waals surface area contributed by atoms with Gasteiger partial charge in [-0.1, -0.05) is 60.7 Å². The van der Waals surface area contributed by atoms with Gasteiger partial charge in [0.15, 0.2) is 6.61 Å². The van der Waals surface area contributed by atoms with Gasteiger partial charge in [0.25, 0.3) is 5.91 Å². The van der Waals surface area contributed by atoms with Crippen molar-refractivity contribution in [3.8, 4) is 5.75 Å². The van der Waals surface area contributed by atoms with Crippen LogP contribution in [0.4, 0.5) is 0 Å². The Morgan fingerprint density at radius 2 is 1.72 bits per heavy atom. The smallest absolute Gasteiger partial charge is 0.339 e. The van der Waals surface area contributed by atoms with Gasteiger partial charge in [-0.15, -0.1) is 0 Å². The Labute approximate surface area is 206 Å². The van der Waals surface area contributed by atoms with E-state index in [0.29, 0.717) is 23.1 Å². The molecule has 4 aromatic rings. The summed E-state index contributed by atoms with van der Waals surface area (Å²) in [6.45, 7) is -0.516. The molecular formula is C28H23N3O5. The predicted octanol–water partition coefficient (Wildman–Crippen LogP) is 4.07. The molecule has 0 saturated heterocycles. The highest BCUT2D eigenvalue weighted by molar-refractivity contribution is 6.05. The lowest BCUT2D eigenvalue weighted by atomic mass is 9.98.